The van der Waals surface area contributed by atoms with Gasteiger partial charge in [0.05, 0.1) is 11.9 Å². The Hall–Kier alpha value is -3.12. The van der Waals surface area contributed by atoms with Crippen molar-refractivity contribution in [2.24, 2.45) is 0 Å². The summed E-state index contributed by atoms with van der Waals surface area (Å²) in [5, 5.41) is 4.44. The molecule has 0 aliphatic heterocycles. The molecule has 168 valence electrons. The minimum atomic E-state index is 0.164. The summed E-state index contributed by atoms with van der Waals surface area (Å²) in [7, 11) is 3.97. The van der Waals surface area contributed by atoms with E-state index in [1.165, 1.54) is 0 Å². The third-order valence-electron chi connectivity index (χ3n) is 5.25. The van der Waals surface area contributed by atoms with Gasteiger partial charge in [-0.3, -0.25) is 9.48 Å². The van der Waals surface area contributed by atoms with E-state index in [-0.39, 0.29) is 5.78 Å². The lowest BCUT2D eigenvalue weighted by Crippen LogP contribution is -2.11. The van der Waals surface area contributed by atoms with Crippen molar-refractivity contribution in [3.05, 3.63) is 77.5 Å². The van der Waals surface area contributed by atoms with Gasteiger partial charge < -0.3 is 4.90 Å². The molecule has 6 heteroatoms. The monoisotopic (exact) mass is 431 g/mol. The molecular formula is C26H33N5O. The first kappa shape index (κ1) is 23.5. The SMILES string of the molecule is Cc1cnc(Cc2ccc(CCC(=O)/C=C/CN(C)C)cc2)nc1-c1cnn(C(C)C)c1. The molecule has 6 nitrogen and oxygen atoms in total. The van der Waals surface area contributed by atoms with Crippen LogP contribution in [0.15, 0.2) is 55.0 Å². The molecule has 0 fully saturated rings. The maximum Gasteiger partial charge on any atom is 0.155 e. The summed E-state index contributed by atoms with van der Waals surface area (Å²) in [5.74, 6) is 0.953. The van der Waals surface area contributed by atoms with E-state index in [4.69, 9.17) is 4.98 Å². The van der Waals surface area contributed by atoms with E-state index in [0.717, 1.165) is 46.7 Å². The maximum absolute atomic E-state index is 12.0. The Kier molecular flexibility index (Phi) is 8.06. The van der Waals surface area contributed by atoms with Gasteiger partial charge in [0.1, 0.15) is 5.82 Å². The predicted molar refractivity (Wildman–Crippen MR) is 129 cm³/mol. The third-order valence-corrected chi connectivity index (χ3v) is 5.25. The second-order valence-electron chi connectivity index (χ2n) is 8.74. The van der Waals surface area contributed by atoms with E-state index in [2.05, 4.69) is 48.2 Å². The summed E-state index contributed by atoms with van der Waals surface area (Å²) in [4.78, 5) is 23.4. The fourth-order valence-electron chi connectivity index (χ4n) is 3.35. The second kappa shape index (κ2) is 11.0. The Morgan fingerprint density at radius 1 is 1.12 bits per heavy atom. The normalized spacial score (nSPS) is 11.7. The molecule has 0 saturated heterocycles. The molecule has 0 saturated carbocycles. The number of hydrogen-bond donors (Lipinski definition) is 0. The van der Waals surface area contributed by atoms with E-state index < -0.39 is 0 Å². The fraction of sp³-hybridized carbons (Fsp3) is 0.385. The highest BCUT2D eigenvalue weighted by Crippen LogP contribution is 2.22. The number of rotatable bonds is 10. The summed E-state index contributed by atoms with van der Waals surface area (Å²) in [6, 6.07) is 8.69. The van der Waals surface area contributed by atoms with Gasteiger partial charge >= 0.3 is 0 Å². The van der Waals surface area contributed by atoms with Crippen molar-refractivity contribution in [3.63, 3.8) is 0 Å². The topological polar surface area (TPSA) is 63.9 Å². The van der Waals surface area contributed by atoms with Crippen molar-refractivity contribution >= 4 is 5.78 Å². The highest BCUT2D eigenvalue weighted by Gasteiger charge is 2.11. The standard InChI is InChI=1S/C26H33N5O/c1-19(2)31-18-23(17-28-31)26-20(3)16-27-25(29-26)15-22-10-8-21(9-11-22)12-13-24(32)7-6-14-30(4)5/h6-11,16-19H,12-15H2,1-5H3/b7-6+. The number of nitrogens with zero attached hydrogens (tertiary/aromatic N) is 5. The van der Waals surface area contributed by atoms with Gasteiger partial charge in [0.2, 0.25) is 0 Å². The van der Waals surface area contributed by atoms with Crippen LogP contribution in [0.1, 0.15) is 48.8 Å². The summed E-state index contributed by atoms with van der Waals surface area (Å²) < 4.78 is 1.94. The van der Waals surface area contributed by atoms with Gasteiger partial charge in [-0.15, -0.1) is 0 Å². The molecule has 3 rings (SSSR count). The molecular weight excluding hydrogens is 398 g/mol. The molecule has 0 aliphatic rings. The van der Waals surface area contributed by atoms with Crippen LogP contribution < -0.4 is 0 Å². The lowest BCUT2D eigenvalue weighted by Gasteiger charge is -2.07. The fourth-order valence-corrected chi connectivity index (χ4v) is 3.35. The highest BCUT2D eigenvalue weighted by molar-refractivity contribution is 5.89. The van der Waals surface area contributed by atoms with Crippen LogP contribution in [0.4, 0.5) is 0 Å². The van der Waals surface area contributed by atoms with Gasteiger partial charge in [0, 0.05) is 43.4 Å². The average Bonchev–Trinajstić information content (AvgIpc) is 3.25. The third kappa shape index (κ3) is 6.69. The number of hydrogen-bond acceptors (Lipinski definition) is 5. The zero-order chi connectivity index (χ0) is 23.1. The molecule has 2 heterocycles. The van der Waals surface area contributed by atoms with E-state index in [1.54, 1.807) is 6.08 Å². The lowest BCUT2D eigenvalue weighted by atomic mass is 10.0. The lowest BCUT2D eigenvalue weighted by molar-refractivity contribution is -0.114. The van der Waals surface area contributed by atoms with Crippen LogP contribution in [0.2, 0.25) is 0 Å². The minimum Gasteiger partial charge on any atom is -0.306 e. The zero-order valence-corrected chi connectivity index (χ0v) is 19.7. The number of aryl methyl sites for hydroxylation is 2. The number of carbonyl (C=O) groups excluding carboxylic acids is 1. The smallest absolute Gasteiger partial charge is 0.155 e. The van der Waals surface area contributed by atoms with Crippen molar-refractivity contribution in [2.75, 3.05) is 20.6 Å². The van der Waals surface area contributed by atoms with Gasteiger partial charge in [-0.2, -0.15) is 5.10 Å². The van der Waals surface area contributed by atoms with Crippen LogP contribution in [0.5, 0.6) is 0 Å². The first-order valence-electron chi connectivity index (χ1n) is 11.1. The van der Waals surface area contributed by atoms with Crippen molar-refractivity contribution in [1.82, 2.24) is 24.6 Å². The summed E-state index contributed by atoms with van der Waals surface area (Å²) >= 11 is 0. The average molecular weight is 432 g/mol. The highest BCUT2D eigenvalue weighted by atomic mass is 16.1. The van der Waals surface area contributed by atoms with Crippen molar-refractivity contribution < 1.29 is 4.79 Å². The molecule has 0 unspecified atom stereocenters. The van der Waals surface area contributed by atoms with Crippen molar-refractivity contribution in [1.29, 1.82) is 0 Å². The van der Waals surface area contributed by atoms with Gasteiger partial charge in [-0.25, -0.2) is 9.97 Å². The van der Waals surface area contributed by atoms with Crippen LogP contribution in [0.3, 0.4) is 0 Å². The van der Waals surface area contributed by atoms with Gasteiger partial charge in [-0.05, 0) is 64.1 Å². The molecule has 0 bridgehead atoms. The Balaban J connectivity index is 1.61. The Labute approximate surface area is 191 Å². The molecule has 0 N–H and O–H groups in total. The van der Waals surface area contributed by atoms with Gasteiger partial charge in [-0.1, -0.05) is 30.3 Å². The van der Waals surface area contributed by atoms with Crippen LogP contribution in [0.25, 0.3) is 11.3 Å². The summed E-state index contributed by atoms with van der Waals surface area (Å²) in [5.41, 5.74) is 5.30. The van der Waals surface area contributed by atoms with E-state index in [1.807, 2.05) is 55.3 Å². The zero-order valence-electron chi connectivity index (χ0n) is 19.7. The van der Waals surface area contributed by atoms with E-state index in [9.17, 15) is 4.79 Å². The number of allylic oxidation sites excluding steroid dienone is 1. The number of ketones is 1. The molecule has 3 aromatic rings. The minimum absolute atomic E-state index is 0.164. The molecule has 0 atom stereocenters. The maximum atomic E-state index is 12.0. The van der Waals surface area contributed by atoms with Gasteiger partial charge in [0.25, 0.3) is 0 Å². The van der Waals surface area contributed by atoms with Crippen LogP contribution >= 0.6 is 0 Å². The Morgan fingerprint density at radius 3 is 2.50 bits per heavy atom. The first-order valence-corrected chi connectivity index (χ1v) is 11.1. The Bertz CT molecular complexity index is 1060. The van der Waals surface area contributed by atoms with Gasteiger partial charge in [0.15, 0.2) is 5.78 Å². The molecule has 0 aliphatic carbocycles. The predicted octanol–water partition coefficient (Wildman–Crippen LogP) is 4.44. The van der Waals surface area contributed by atoms with Crippen molar-refractivity contribution in [2.45, 2.75) is 46.1 Å². The summed E-state index contributed by atoms with van der Waals surface area (Å²) in [6.45, 7) is 7.02. The molecule has 0 spiro atoms. The molecule has 0 radical (unpaired) electrons. The van der Waals surface area contributed by atoms with Crippen molar-refractivity contribution in [3.8, 4) is 11.3 Å². The first-order chi connectivity index (χ1) is 15.3. The molecule has 1 aromatic carbocycles. The number of carbonyl (C=O) groups is 1. The number of likely N-dealkylation sites (N-methyl/N-ethyl adjacent to an activating group) is 1. The van der Waals surface area contributed by atoms with Crippen LogP contribution in [-0.2, 0) is 17.6 Å². The van der Waals surface area contributed by atoms with Crippen LogP contribution in [0, 0.1) is 6.92 Å². The van der Waals surface area contributed by atoms with E-state index >= 15 is 0 Å². The molecule has 0 amide bonds. The largest absolute Gasteiger partial charge is 0.306 e. The number of benzene rings is 1. The van der Waals surface area contributed by atoms with E-state index in [0.29, 0.717) is 18.9 Å². The Morgan fingerprint density at radius 2 is 1.84 bits per heavy atom. The second-order valence-corrected chi connectivity index (χ2v) is 8.74. The number of aromatic nitrogens is 4. The molecule has 32 heavy (non-hydrogen) atoms. The molecule has 2 aromatic heterocycles. The van der Waals surface area contributed by atoms with Crippen LogP contribution in [-0.4, -0.2) is 51.1 Å². The quantitative estimate of drug-likeness (QED) is 0.444. The summed E-state index contributed by atoms with van der Waals surface area (Å²) in [6.07, 6.45) is 11.3.